The number of nitrogens with zero attached hydrogens (tertiary/aromatic N) is 2. The Bertz CT molecular complexity index is 409. The van der Waals surface area contributed by atoms with Crippen molar-refractivity contribution in [1.82, 2.24) is 10.2 Å². The van der Waals surface area contributed by atoms with Crippen molar-refractivity contribution in [3.63, 3.8) is 0 Å². The van der Waals surface area contributed by atoms with Gasteiger partial charge in [0.1, 0.15) is 10.5 Å². The first-order valence-electron chi connectivity index (χ1n) is 5.09. The second-order valence-corrected chi connectivity index (χ2v) is 4.82. The molecular formula is C11H13BN2S. The van der Waals surface area contributed by atoms with Crippen LogP contribution in [0.3, 0.4) is 0 Å². The van der Waals surface area contributed by atoms with Gasteiger partial charge in [0.25, 0.3) is 0 Å². The number of rotatable bonds is 3. The van der Waals surface area contributed by atoms with Crippen LogP contribution < -0.4 is 5.46 Å². The summed E-state index contributed by atoms with van der Waals surface area (Å²) in [6.07, 6.45) is 0.892. The highest BCUT2D eigenvalue weighted by atomic mass is 32.1. The van der Waals surface area contributed by atoms with Crippen molar-refractivity contribution >= 4 is 23.5 Å². The summed E-state index contributed by atoms with van der Waals surface area (Å²) in [5, 5.41) is 8.95. The van der Waals surface area contributed by atoms with Gasteiger partial charge < -0.3 is 0 Å². The normalized spacial score (nSPS) is 10.3. The van der Waals surface area contributed by atoms with Crippen molar-refractivity contribution in [1.29, 1.82) is 0 Å². The van der Waals surface area contributed by atoms with E-state index in [1.54, 1.807) is 16.8 Å². The molecule has 1 heterocycles. The van der Waals surface area contributed by atoms with Gasteiger partial charge in [-0.2, -0.15) is 0 Å². The zero-order chi connectivity index (χ0) is 10.7. The quantitative estimate of drug-likeness (QED) is 0.734. The summed E-state index contributed by atoms with van der Waals surface area (Å²) in [5.41, 5.74) is 4.46. The Kier molecular flexibility index (Phi) is 3.16. The molecule has 0 N–H and O–H groups in total. The van der Waals surface area contributed by atoms with Crippen LogP contribution in [0.5, 0.6) is 0 Å². The molecule has 1 aromatic heterocycles. The lowest BCUT2D eigenvalue weighted by Crippen LogP contribution is -2.21. The van der Waals surface area contributed by atoms with Crippen molar-refractivity contribution in [3.8, 4) is 0 Å². The number of aromatic nitrogens is 2. The Hall–Kier alpha value is -1.16. The van der Waals surface area contributed by atoms with Crippen LogP contribution in [-0.2, 0) is 6.42 Å². The minimum atomic E-state index is 0.598. The van der Waals surface area contributed by atoms with Gasteiger partial charge in [-0.1, -0.05) is 43.4 Å². The van der Waals surface area contributed by atoms with Crippen LogP contribution in [0.2, 0.25) is 13.6 Å². The molecule has 4 heteroatoms. The maximum absolute atomic E-state index is 4.04. The van der Waals surface area contributed by atoms with E-state index in [0.717, 1.165) is 11.4 Å². The first kappa shape index (κ1) is 10.4. The molecule has 2 aromatic rings. The first-order chi connectivity index (χ1) is 7.25. The number of hydrogen-bond donors (Lipinski definition) is 0. The Morgan fingerprint density at radius 1 is 1.20 bits per heavy atom. The lowest BCUT2D eigenvalue weighted by molar-refractivity contribution is 1.00. The van der Waals surface area contributed by atoms with E-state index in [1.807, 2.05) is 0 Å². The second kappa shape index (κ2) is 4.58. The fourth-order valence-electron chi connectivity index (χ4n) is 1.47. The van der Waals surface area contributed by atoms with Gasteiger partial charge >= 0.3 is 0 Å². The Labute approximate surface area is 94.5 Å². The number of benzene rings is 1. The van der Waals surface area contributed by atoms with Crippen molar-refractivity contribution in [2.45, 2.75) is 20.1 Å². The Morgan fingerprint density at radius 2 is 1.93 bits per heavy atom. The standard InChI is InChI=1S/C11H13BN2S/c1-12(2)10-5-3-9(4-6-10)7-11-14-13-8-15-11/h3-6,8H,7H2,1-2H3. The maximum atomic E-state index is 4.04. The Morgan fingerprint density at radius 3 is 2.47 bits per heavy atom. The molecular weight excluding hydrogens is 203 g/mol. The van der Waals surface area contributed by atoms with E-state index in [-0.39, 0.29) is 0 Å². The highest BCUT2D eigenvalue weighted by Crippen LogP contribution is 2.09. The molecule has 76 valence electrons. The van der Waals surface area contributed by atoms with E-state index in [1.165, 1.54) is 11.0 Å². The van der Waals surface area contributed by atoms with Crippen LogP contribution in [0.4, 0.5) is 0 Å². The van der Waals surface area contributed by atoms with Crippen molar-refractivity contribution in [3.05, 3.63) is 40.3 Å². The molecule has 0 spiro atoms. The summed E-state index contributed by atoms with van der Waals surface area (Å²) in [6.45, 7) is 5.01. The van der Waals surface area contributed by atoms with Gasteiger partial charge in [0.2, 0.25) is 0 Å². The number of hydrogen-bond acceptors (Lipinski definition) is 3. The molecule has 15 heavy (non-hydrogen) atoms. The third-order valence-electron chi connectivity index (χ3n) is 2.41. The molecule has 0 saturated carbocycles. The van der Waals surface area contributed by atoms with Gasteiger partial charge in [-0.25, -0.2) is 0 Å². The predicted octanol–water partition coefficient (Wildman–Crippen LogP) is 2.09. The predicted molar refractivity (Wildman–Crippen MR) is 66.3 cm³/mol. The van der Waals surface area contributed by atoms with Gasteiger partial charge in [-0.3, -0.25) is 0 Å². The summed E-state index contributed by atoms with van der Waals surface area (Å²) in [4.78, 5) is 0. The van der Waals surface area contributed by atoms with Gasteiger partial charge in [-0.15, -0.1) is 21.5 Å². The van der Waals surface area contributed by atoms with Crippen molar-refractivity contribution in [2.24, 2.45) is 0 Å². The van der Waals surface area contributed by atoms with E-state index < -0.39 is 0 Å². The van der Waals surface area contributed by atoms with Gasteiger partial charge in [0.15, 0.2) is 6.71 Å². The average Bonchev–Trinajstić information content (AvgIpc) is 2.71. The van der Waals surface area contributed by atoms with E-state index in [4.69, 9.17) is 0 Å². The molecule has 0 aliphatic carbocycles. The molecule has 0 aliphatic heterocycles. The van der Waals surface area contributed by atoms with Crippen molar-refractivity contribution < 1.29 is 0 Å². The largest absolute Gasteiger partial charge is 0.169 e. The highest BCUT2D eigenvalue weighted by molar-refractivity contribution is 7.09. The van der Waals surface area contributed by atoms with Crippen LogP contribution in [0.25, 0.3) is 0 Å². The molecule has 2 nitrogen and oxygen atoms in total. The molecule has 0 bridgehead atoms. The fourth-order valence-corrected chi connectivity index (χ4v) is 2.03. The topological polar surface area (TPSA) is 25.8 Å². The zero-order valence-electron chi connectivity index (χ0n) is 8.97. The molecule has 1 aromatic carbocycles. The highest BCUT2D eigenvalue weighted by Gasteiger charge is 2.03. The molecule has 0 saturated heterocycles. The zero-order valence-corrected chi connectivity index (χ0v) is 9.79. The molecule has 0 unspecified atom stereocenters. The SMILES string of the molecule is CB(C)c1ccc(Cc2nncs2)cc1. The van der Waals surface area contributed by atoms with Gasteiger partial charge in [0.05, 0.1) is 0 Å². The second-order valence-electron chi connectivity index (χ2n) is 3.91. The lowest BCUT2D eigenvalue weighted by Gasteiger charge is -2.03. The lowest BCUT2D eigenvalue weighted by atomic mass is 9.49. The monoisotopic (exact) mass is 216 g/mol. The fraction of sp³-hybridized carbons (Fsp3) is 0.273. The molecule has 0 aliphatic rings. The average molecular weight is 216 g/mol. The van der Waals surface area contributed by atoms with Crippen molar-refractivity contribution in [2.75, 3.05) is 0 Å². The van der Waals surface area contributed by atoms with Crippen LogP contribution in [-0.4, -0.2) is 16.9 Å². The molecule has 2 rings (SSSR count). The van der Waals surface area contributed by atoms with Crippen LogP contribution in [0.15, 0.2) is 29.8 Å². The van der Waals surface area contributed by atoms with Gasteiger partial charge in [0, 0.05) is 6.42 Å². The molecule has 0 atom stereocenters. The van der Waals surface area contributed by atoms with E-state index >= 15 is 0 Å². The summed E-state index contributed by atoms with van der Waals surface area (Å²) in [7, 11) is 0. The van der Waals surface area contributed by atoms with Crippen LogP contribution in [0, 0.1) is 0 Å². The Balaban J connectivity index is 2.11. The van der Waals surface area contributed by atoms with Crippen LogP contribution in [0.1, 0.15) is 10.6 Å². The van der Waals surface area contributed by atoms with E-state index in [2.05, 4.69) is 48.1 Å². The smallest absolute Gasteiger partial charge is 0.147 e. The molecule has 0 amide bonds. The van der Waals surface area contributed by atoms with E-state index in [9.17, 15) is 0 Å². The molecule has 0 fully saturated rings. The summed E-state index contributed by atoms with van der Waals surface area (Å²) < 4.78 is 0. The summed E-state index contributed by atoms with van der Waals surface area (Å²) in [6, 6.07) is 8.75. The van der Waals surface area contributed by atoms with E-state index in [0.29, 0.717) is 6.71 Å². The van der Waals surface area contributed by atoms with Gasteiger partial charge in [-0.05, 0) is 5.56 Å². The minimum absolute atomic E-state index is 0.598. The van der Waals surface area contributed by atoms with Crippen LogP contribution >= 0.6 is 11.3 Å². The summed E-state index contributed by atoms with van der Waals surface area (Å²) >= 11 is 1.61. The minimum Gasteiger partial charge on any atom is -0.147 e. The third kappa shape index (κ3) is 2.66. The molecule has 0 radical (unpaired) electrons. The maximum Gasteiger partial charge on any atom is 0.169 e. The summed E-state index contributed by atoms with van der Waals surface area (Å²) in [5.74, 6) is 0. The third-order valence-corrected chi connectivity index (χ3v) is 3.10. The first-order valence-corrected chi connectivity index (χ1v) is 5.97.